The number of nitriles is 1. The van der Waals surface area contributed by atoms with E-state index in [2.05, 4.69) is 55.7 Å². The Morgan fingerprint density at radius 3 is 2.45 bits per heavy atom. The summed E-state index contributed by atoms with van der Waals surface area (Å²) in [6, 6.07) is 15.9. The predicted molar refractivity (Wildman–Crippen MR) is 163 cm³/mol. The van der Waals surface area contributed by atoms with E-state index in [1.54, 1.807) is 11.0 Å². The molecule has 6 rings (SSSR count). The van der Waals surface area contributed by atoms with Crippen LogP contribution in [0.2, 0.25) is 0 Å². The average molecular weight is 567 g/mol. The maximum absolute atomic E-state index is 14.8. The van der Waals surface area contributed by atoms with Crippen molar-refractivity contribution in [2.75, 3.05) is 60.2 Å². The van der Waals surface area contributed by atoms with Crippen molar-refractivity contribution in [3.63, 3.8) is 0 Å². The molecular weight excluding hydrogens is 531 g/mol. The predicted octanol–water partition coefficient (Wildman–Crippen LogP) is 5.34. The lowest BCUT2D eigenvalue weighted by molar-refractivity contribution is -0.114. The van der Waals surface area contributed by atoms with Crippen molar-refractivity contribution in [1.82, 2.24) is 14.9 Å². The third-order valence-corrected chi connectivity index (χ3v) is 8.27. The summed E-state index contributed by atoms with van der Waals surface area (Å²) in [5.74, 6) is -0.530. The number of benzene rings is 2. The minimum Gasteiger partial charge on any atom is -0.369 e. The topological polar surface area (TPSA) is 100 Å². The van der Waals surface area contributed by atoms with Gasteiger partial charge in [-0.15, -0.1) is 0 Å². The molecule has 0 atom stereocenters. The normalized spacial score (nSPS) is 17.8. The van der Waals surface area contributed by atoms with Crippen molar-refractivity contribution in [3.05, 3.63) is 71.7 Å². The van der Waals surface area contributed by atoms with Crippen molar-refractivity contribution in [2.45, 2.75) is 32.1 Å². The fraction of sp³-hybridized carbons (Fsp3) is 0.375. The van der Waals surface area contributed by atoms with Crippen molar-refractivity contribution in [2.24, 2.45) is 5.92 Å². The number of rotatable bonds is 7. The second-order valence-electron chi connectivity index (χ2n) is 11.8. The number of aromatic nitrogens is 2. The lowest BCUT2D eigenvalue weighted by Gasteiger charge is -2.34. The molecule has 1 spiro atoms. The van der Waals surface area contributed by atoms with Gasteiger partial charge in [-0.1, -0.05) is 26.0 Å². The fourth-order valence-electron chi connectivity index (χ4n) is 5.75. The van der Waals surface area contributed by atoms with Crippen LogP contribution in [0.15, 0.2) is 60.3 Å². The Balaban J connectivity index is 1.20. The largest absolute Gasteiger partial charge is 0.369 e. The third kappa shape index (κ3) is 5.52. The number of halogens is 1. The summed E-state index contributed by atoms with van der Waals surface area (Å²) in [6.07, 6.45) is 4.83. The molecule has 10 heteroatoms. The zero-order valence-corrected chi connectivity index (χ0v) is 24.2. The van der Waals surface area contributed by atoms with Gasteiger partial charge in [-0.3, -0.25) is 4.79 Å². The van der Waals surface area contributed by atoms with Crippen LogP contribution in [0.25, 0.3) is 0 Å². The first-order valence-corrected chi connectivity index (χ1v) is 14.4. The van der Waals surface area contributed by atoms with Gasteiger partial charge in [-0.2, -0.15) is 10.2 Å². The molecular formula is C32H35FN8O. The van der Waals surface area contributed by atoms with Gasteiger partial charge in [0.15, 0.2) is 11.6 Å². The number of hydrogen-bond donors (Lipinski definition) is 2. The maximum Gasteiger partial charge on any atom is 0.268 e. The van der Waals surface area contributed by atoms with Crippen molar-refractivity contribution in [1.29, 1.82) is 5.26 Å². The molecule has 2 aromatic carbocycles. The molecule has 2 N–H and O–H groups in total. The number of likely N-dealkylation sites (N-methyl/N-ethyl adjacent to an activating group) is 1. The summed E-state index contributed by atoms with van der Waals surface area (Å²) >= 11 is 0. The van der Waals surface area contributed by atoms with Crippen LogP contribution >= 0.6 is 0 Å². The molecule has 1 saturated carbocycles. The highest BCUT2D eigenvalue weighted by Crippen LogP contribution is 2.57. The Labute approximate surface area is 245 Å². The molecule has 2 aliphatic heterocycles. The molecule has 0 unspecified atom stereocenters. The quantitative estimate of drug-likeness (QED) is 0.292. The highest BCUT2D eigenvalue weighted by atomic mass is 19.1. The number of nitrogens with one attached hydrogen (secondary N) is 2. The Morgan fingerprint density at radius 2 is 1.79 bits per heavy atom. The maximum atomic E-state index is 14.8. The number of hydrogen-bond acceptors (Lipinski definition) is 8. The highest BCUT2D eigenvalue weighted by molar-refractivity contribution is 6.10. The summed E-state index contributed by atoms with van der Waals surface area (Å²) in [5, 5.41) is 15.9. The number of anilines is 6. The second-order valence-corrected chi connectivity index (χ2v) is 11.8. The molecule has 3 heterocycles. The van der Waals surface area contributed by atoms with Gasteiger partial charge >= 0.3 is 0 Å². The van der Waals surface area contributed by atoms with Gasteiger partial charge < -0.3 is 25.3 Å². The molecule has 0 radical (unpaired) electrons. The lowest BCUT2D eigenvalue weighted by Crippen LogP contribution is -2.44. The fourth-order valence-corrected chi connectivity index (χ4v) is 5.75. The first-order valence-electron chi connectivity index (χ1n) is 14.4. The first-order chi connectivity index (χ1) is 20.2. The van der Waals surface area contributed by atoms with E-state index in [0.717, 1.165) is 67.8 Å². The molecule has 3 aromatic rings. The summed E-state index contributed by atoms with van der Waals surface area (Å²) in [7, 11) is 2.14. The van der Waals surface area contributed by atoms with E-state index in [9.17, 15) is 14.4 Å². The molecule has 42 heavy (non-hydrogen) atoms. The van der Waals surface area contributed by atoms with E-state index in [1.165, 1.54) is 0 Å². The van der Waals surface area contributed by atoms with Crippen LogP contribution in [0.4, 0.5) is 38.9 Å². The average Bonchev–Trinajstić information content (AvgIpc) is 3.70. The summed E-state index contributed by atoms with van der Waals surface area (Å²) in [4.78, 5) is 28.3. The SMILES string of the molecule is CC(C)/C=C(/C#N)C(=O)N1CC2(CC2)c2ccc(Nc3nc(Nc4ccc(N5CCN(C)CC5)cc4)ncc3F)cc21. The summed E-state index contributed by atoms with van der Waals surface area (Å²) in [5.41, 5.74) is 4.48. The molecule has 2 fully saturated rings. The van der Waals surface area contributed by atoms with E-state index in [1.807, 2.05) is 44.2 Å². The Hall–Kier alpha value is -4.49. The minimum atomic E-state index is -0.593. The van der Waals surface area contributed by atoms with E-state index in [0.29, 0.717) is 12.2 Å². The number of allylic oxidation sites excluding steroid dienone is 1. The third-order valence-electron chi connectivity index (χ3n) is 8.27. The van der Waals surface area contributed by atoms with Gasteiger partial charge in [0.25, 0.3) is 5.91 Å². The van der Waals surface area contributed by atoms with Crippen molar-refractivity contribution >= 4 is 40.4 Å². The molecule has 1 amide bonds. The van der Waals surface area contributed by atoms with Crippen LogP contribution in [-0.2, 0) is 10.2 Å². The Kier molecular flexibility index (Phi) is 7.29. The van der Waals surface area contributed by atoms with Crippen molar-refractivity contribution < 1.29 is 9.18 Å². The van der Waals surface area contributed by atoms with Gasteiger partial charge in [0.1, 0.15) is 11.6 Å². The van der Waals surface area contributed by atoms with Gasteiger partial charge in [0.05, 0.1) is 6.20 Å². The Morgan fingerprint density at radius 1 is 1.07 bits per heavy atom. The van der Waals surface area contributed by atoms with Gasteiger partial charge in [0, 0.05) is 60.9 Å². The molecule has 9 nitrogen and oxygen atoms in total. The molecule has 1 aromatic heterocycles. The molecule has 3 aliphatic rings. The van der Waals surface area contributed by atoms with E-state index in [-0.39, 0.29) is 34.6 Å². The van der Waals surface area contributed by atoms with Gasteiger partial charge in [0.2, 0.25) is 5.95 Å². The second kappa shape index (κ2) is 11.1. The molecule has 1 aliphatic carbocycles. The van der Waals surface area contributed by atoms with Crippen molar-refractivity contribution in [3.8, 4) is 6.07 Å². The molecule has 0 bridgehead atoms. The van der Waals surface area contributed by atoms with Crippen LogP contribution in [0.5, 0.6) is 0 Å². The number of nitrogens with zero attached hydrogens (tertiary/aromatic N) is 6. The van der Waals surface area contributed by atoms with Crippen LogP contribution in [0, 0.1) is 23.1 Å². The number of piperazine rings is 1. The van der Waals surface area contributed by atoms with Crippen LogP contribution in [0.1, 0.15) is 32.3 Å². The first kappa shape index (κ1) is 27.7. The van der Waals surface area contributed by atoms with E-state index < -0.39 is 5.82 Å². The Bertz CT molecular complexity index is 1570. The molecule has 216 valence electrons. The van der Waals surface area contributed by atoms with Gasteiger partial charge in [-0.05, 0) is 67.8 Å². The highest BCUT2D eigenvalue weighted by Gasteiger charge is 2.53. The lowest BCUT2D eigenvalue weighted by atomic mass is 9.98. The number of carbonyl (C=O) groups excluding carboxylic acids is 1. The zero-order valence-electron chi connectivity index (χ0n) is 24.2. The minimum absolute atomic E-state index is 0.0240. The number of amides is 1. The van der Waals surface area contributed by atoms with Crippen LogP contribution in [0.3, 0.4) is 0 Å². The summed E-state index contributed by atoms with van der Waals surface area (Å²) in [6.45, 7) is 8.48. The smallest absolute Gasteiger partial charge is 0.268 e. The number of fused-ring (bicyclic) bond motifs is 2. The van der Waals surface area contributed by atoms with E-state index in [4.69, 9.17) is 0 Å². The van der Waals surface area contributed by atoms with E-state index >= 15 is 0 Å². The molecule has 1 saturated heterocycles. The van der Waals surface area contributed by atoms with Gasteiger partial charge in [-0.25, -0.2) is 9.37 Å². The zero-order chi connectivity index (χ0) is 29.4. The van der Waals surface area contributed by atoms with Crippen LogP contribution < -0.4 is 20.4 Å². The standard InChI is InChI=1S/C32H35FN8O/c1-21(2)16-22(18-34)30(42)41-20-32(10-11-32)26-9-6-24(17-28(26)41)36-29-27(33)19-35-31(38-29)37-23-4-7-25(8-5-23)40-14-12-39(3)13-15-40/h4-9,16-17,19,21H,10-15,20H2,1-3H3,(H2,35,36,37,38)/b22-16-. The van der Waals surface area contributed by atoms with Crippen LogP contribution in [-0.4, -0.2) is 60.5 Å². The summed E-state index contributed by atoms with van der Waals surface area (Å²) < 4.78 is 14.8. The number of carbonyl (C=O) groups is 1. The monoisotopic (exact) mass is 566 g/mol.